The summed E-state index contributed by atoms with van der Waals surface area (Å²) >= 11 is 0. The lowest BCUT2D eigenvalue weighted by molar-refractivity contribution is -0.138. The van der Waals surface area contributed by atoms with Crippen LogP contribution in [-0.2, 0) is 9.59 Å². The molecule has 0 spiro atoms. The van der Waals surface area contributed by atoms with Gasteiger partial charge in [0.2, 0.25) is 5.91 Å². The molecule has 4 nitrogen and oxygen atoms in total. The fourth-order valence-electron chi connectivity index (χ4n) is 2.80. The summed E-state index contributed by atoms with van der Waals surface area (Å²) in [6.45, 7) is 2.54. The zero-order valence-corrected chi connectivity index (χ0v) is 11.5. The van der Waals surface area contributed by atoms with Crippen molar-refractivity contribution in [2.75, 3.05) is 13.6 Å². The Labute approximate surface area is 109 Å². The van der Waals surface area contributed by atoms with Crippen LogP contribution in [0.4, 0.5) is 0 Å². The fourth-order valence-corrected chi connectivity index (χ4v) is 2.80. The molecule has 1 aliphatic rings. The third kappa shape index (κ3) is 5.07. The zero-order chi connectivity index (χ0) is 13.5. The molecule has 0 aromatic carbocycles. The van der Waals surface area contributed by atoms with Crippen molar-refractivity contribution in [1.82, 2.24) is 4.90 Å². The maximum Gasteiger partial charge on any atom is 0.303 e. The van der Waals surface area contributed by atoms with Crippen molar-refractivity contribution in [3.63, 3.8) is 0 Å². The molecular formula is C14H25NO3. The van der Waals surface area contributed by atoms with E-state index in [9.17, 15) is 9.59 Å². The highest BCUT2D eigenvalue weighted by Gasteiger charge is 2.23. The standard InChI is InChI=1S/C14H25NO3/c1-11(10-12-6-3-4-7-12)14(18)15(2)9-5-8-13(16)17/h11-12H,3-10H2,1-2H3,(H,16,17). The summed E-state index contributed by atoms with van der Waals surface area (Å²) in [4.78, 5) is 24.2. The van der Waals surface area contributed by atoms with Gasteiger partial charge in [0.05, 0.1) is 0 Å². The molecular weight excluding hydrogens is 230 g/mol. The summed E-state index contributed by atoms with van der Waals surface area (Å²) in [5, 5.41) is 8.56. The van der Waals surface area contributed by atoms with Gasteiger partial charge in [0, 0.05) is 25.9 Å². The Morgan fingerprint density at radius 2 is 1.94 bits per heavy atom. The minimum atomic E-state index is -0.796. The van der Waals surface area contributed by atoms with Gasteiger partial charge in [0.15, 0.2) is 0 Å². The van der Waals surface area contributed by atoms with Crippen LogP contribution >= 0.6 is 0 Å². The third-order valence-corrected chi connectivity index (χ3v) is 3.84. The first kappa shape index (κ1) is 15.0. The maximum atomic E-state index is 12.1. The van der Waals surface area contributed by atoms with Crippen molar-refractivity contribution in [1.29, 1.82) is 0 Å². The van der Waals surface area contributed by atoms with E-state index in [-0.39, 0.29) is 18.2 Å². The smallest absolute Gasteiger partial charge is 0.303 e. The van der Waals surface area contributed by atoms with E-state index >= 15 is 0 Å². The Kier molecular flexibility index (Phi) is 6.16. The highest BCUT2D eigenvalue weighted by Crippen LogP contribution is 2.30. The molecule has 1 atom stereocenters. The van der Waals surface area contributed by atoms with E-state index in [2.05, 4.69) is 0 Å². The summed E-state index contributed by atoms with van der Waals surface area (Å²) in [5.41, 5.74) is 0. The average Bonchev–Trinajstić information content (AvgIpc) is 2.80. The van der Waals surface area contributed by atoms with Gasteiger partial charge in [-0.2, -0.15) is 0 Å². The van der Waals surface area contributed by atoms with Crippen molar-refractivity contribution >= 4 is 11.9 Å². The van der Waals surface area contributed by atoms with Gasteiger partial charge in [-0.3, -0.25) is 9.59 Å². The third-order valence-electron chi connectivity index (χ3n) is 3.84. The molecule has 1 fully saturated rings. The normalized spacial score (nSPS) is 17.7. The molecule has 0 heterocycles. The first-order valence-electron chi connectivity index (χ1n) is 6.97. The topological polar surface area (TPSA) is 57.6 Å². The van der Waals surface area contributed by atoms with Crippen LogP contribution in [0.25, 0.3) is 0 Å². The molecule has 0 aromatic rings. The molecule has 104 valence electrons. The van der Waals surface area contributed by atoms with Gasteiger partial charge in [-0.05, 0) is 18.8 Å². The number of aliphatic carboxylic acids is 1. The van der Waals surface area contributed by atoms with Crippen molar-refractivity contribution < 1.29 is 14.7 Å². The van der Waals surface area contributed by atoms with E-state index in [1.54, 1.807) is 11.9 Å². The Morgan fingerprint density at radius 1 is 1.33 bits per heavy atom. The zero-order valence-electron chi connectivity index (χ0n) is 11.5. The van der Waals surface area contributed by atoms with Crippen molar-refractivity contribution in [3.05, 3.63) is 0 Å². The van der Waals surface area contributed by atoms with Crippen LogP contribution in [0.15, 0.2) is 0 Å². The van der Waals surface area contributed by atoms with Crippen molar-refractivity contribution in [3.8, 4) is 0 Å². The number of nitrogens with zero attached hydrogens (tertiary/aromatic N) is 1. The number of rotatable bonds is 7. The molecule has 1 amide bonds. The van der Waals surface area contributed by atoms with Crippen LogP contribution < -0.4 is 0 Å². The molecule has 0 saturated heterocycles. The molecule has 1 saturated carbocycles. The number of hydrogen-bond donors (Lipinski definition) is 1. The lowest BCUT2D eigenvalue weighted by Gasteiger charge is -2.23. The predicted octanol–water partition coefficient (Wildman–Crippen LogP) is 2.53. The lowest BCUT2D eigenvalue weighted by atomic mass is 9.93. The second-order valence-electron chi connectivity index (χ2n) is 5.54. The second-order valence-corrected chi connectivity index (χ2v) is 5.54. The quantitative estimate of drug-likeness (QED) is 0.760. The van der Waals surface area contributed by atoms with Gasteiger partial charge in [-0.25, -0.2) is 0 Å². The number of hydrogen-bond acceptors (Lipinski definition) is 2. The van der Waals surface area contributed by atoms with Crippen LogP contribution in [0.3, 0.4) is 0 Å². The van der Waals surface area contributed by atoms with E-state index in [0.717, 1.165) is 12.3 Å². The molecule has 1 unspecified atom stereocenters. The molecule has 18 heavy (non-hydrogen) atoms. The Hall–Kier alpha value is -1.06. The van der Waals surface area contributed by atoms with Crippen LogP contribution in [-0.4, -0.2) is 35.5 Å². The monoisotopic (exact) mass is 255 g/mol. The van der Waals surface area contributed by atoms with Crippen molar-refractivity contribution in [2.24, 2.45) is 11.8 Å². The fraction of sp³-hybridized carbons (Fsp3) is 0.857. The molecule has 0 aromatic heterocycles. The van der Waals surface area contributed by atoms with Crippen LogP contribution in [0, 0.1) is 11.8 Å². The number of carboxylic acids is 1. The first-order valence-corrected chi connectivity index (χ1v) is 6.97. The van der Waals surface area contributed by atoms with Gasteiger partial charge in [0.25, 0.3) is 0 Å². The van der Waals surface area contributed by atoms with E-state index in [1.807, 2.05) is 6.92 Å². The van der Waals surface area contributed by atoms with Gasteiger partial charge in [0.1, 0.15) is 0 Å². The highest BCUT2D eigenvalue weighted by atomic mass is 16.4. The van der Waals surface area contributed by atoms with Gasteiger partial charge >= 0.3 is 5.97 Å². The summed E-state index contributed by atoms with van der Waals surface area (Å²) in [7, 11) is 1.77. The number of carbonyl (C=O) groups is 2. The van der Waals surface area contributed by atoms with Crippen LogP contribution in [0.1, 0.15) is 51.9 Å². The Bertz CT molecular complexity index is 285. The van der Waals surface area contributed by atoms with E-state index in [0.29, 0.717) is 13.0 Å². The Balaban J connectivity index is 2.25. The van der Waals surface area contributed by atoms with Crippen LogP contribution in [0.2, 0.25) is 0 Å². The molecule has 1 aliphatic carbocycles. The van der Waals surface area contributed by atoms with Crippen LogP contribution in [0.5, 0.6) is 0 Å². The van der Waals surface area contributed by atoms with Gasteiger partial charge in [-0.15, -0.1) is 0 Å². The molecule has 1 rings (SSSR count). The predicted molar refractivity (Wildman–Crippen MR) is 70.2 cm³/mol. The largest absolute Gasteiger partial charge is 0.481 e. The van der Waals surface area contributed by atoms with E-state index in [1.165, 1.54) is 25.7 Å². The van der Waals surface area contributed by atoms with E-state index in [4.69, 9.17) is 5.11 Å². The highest BCUT2D eigenvalue weighted by molar-refractivity contribution is 5.78. The first-order chi connectivity index (χ1) is 8.50. The summed E-state index contributed by atoms with van der Waals surface area (Å²) in [6.07, 6.45) is 6.80. The molecule has 1 N–H and O–H groups in total. The Morgan fingerprint density at radius 3 is 2.50 bits per heavy atom. The molecule has 0 radical (unpaired) electrons. The lowest BCUT2D eigenvalue weighted by Crippen LogP contribution is -2.33. The average molecular weight is 255 g/mol. The number of carbonyl (C=O) groups excluding carboxylic acids is 1. The van der Waals surface area contributed by atoms with E-state index < -0.39 is 5.97 Å². The summed E-state index contributed by atoms with van der Waals surface area (Å²) < 4.78 is 0. The summed E-state index contributed by atoms with van der Waals surface area (Å²) in [6, 6.07) is 0. The molecule has 0 aliphatic heterocycles. The van der Waals surface area contributed by atoms with Crippen molar-refractivity contribution in [2.45, 2.75) is 51.9 Å². The number of amides is 1. The van der Waals surface area contributed by atoms with Gasteiger partial charge < -0.3 is 10.0 Å². The maximum absolute atomic E-state index is 12.1. The number of carboxylic acid groups (broad SMARTS) is 1. The SMILES string of the molecule is CC(CC1CCCC1)C(=O)N(C)CCCC(=O)O. The molecule has 4 heteroatoms. The second kappa shape index (κ2) is 7.39. The minimum Gasteiger partial charge on any atom is -0.481 e. The van der Waals surface area contributed by atoms with Gasteiger partial charge in [-0.1, -0.05) is 32.6 Å². The summed E-state index contributed by atoms with van der Waals surface area (Å²) in [5.74, 6) is 0.154. The molecule has 0 bridgehead atoms. The minimum absolute atomic E-state index is 0.0722.